The van der Waals surface area contributed by atoms with E-state index in [1.54, 1.807) is 23.9 Å². The average molecular weight is 309 g/mol. The standard InChI is InChI=1S/C13H19N5O2S/c1-17(2)6-8-21-13-16-15-11(18(13)3)9-14-12(19)10-5-4-7-20-10/h4-5,7H,6,8-9H2,1-3H3,(H,14,19). The van der Waals surface area contributed by atoms with Crippen LogP contribution in [0.3, 0.4) is 0 Å². The Hall–Kier alpha value is -1.80. The summed E-state index contributed by atoms with van der Waals surface area (Å²) in [6.45, 7) is 1.29. The summed E-state index contributed by atoms with van der Waals surface area (Å²) in [6.07, 6.45) is 1.47. The minimum Gasteiger partial charge on any atom is -0.459 e. The van der Waals surface area contributed by atoms with Crippen LogP contribution >= 0.6 is 11.8 Å². The topological polar surface area (TPSA) is 76.2 Å². The lowest BCUT2D eigenvalue weighted by molar-refractivity contribution is 0.0922. The SMILES string of the molecule is CN(C)CCSc1nnc(CNC(=O)c2ccco2)n1C. The molecule has 7 nitrogen and oxygen atoms in total. The second-order valence-corrected chi connectivity index (χ2v) is 5.83. The van der Waals surface area contributed by atoms with E-state index in [0.29, 0.717) is 12.4 Å². The molecule has 0 saturated heterocycles. The summed E-state index contributed by atoms with van der Waals surface area (Å²) in [5.74, 6) is 1.68. The van der Waals surface area contributed by atoms with Crippen LogP contribution in [0.4, 0.5) is 0 Å². The lowest BCUT2D eigenvalue weighted by Gasteiger charge is -2.08. The third-order valence-corrected chi connectivity index (χ3v) is 3.85. The molecule has 0 fully saturated rings. The Bertz CT molecular complexity index is 579. The second-order valence-electron chi connectivity index (χ2n) is 4.77. The number of thioether (sulfide) groups is 1. The fourth-order valence-corrected chi connectivity index (χ4v) is 2.63. The van der Waals surface area contributed by atoms with Crippen LogP contribution in [0.15, 0.2) is 28.0 Å². The van der Waals surface area contributed by atoms with Gasteiger partial charge < -0.3 is 19.2 Å². The molecule has 0 aliphatic heterocycles. The highest BCUT2D eigenvalue weighted by molar-refractivity contribution is 7.99. The molecule has 0 radical (unpaired) electrons. The van der Waals surface area contributed by atoms with Gasteiger partial charge in [0.2, 0.25) is 0 Å². The first-order valence-electron chi connectivity index (χ1n) is 6.55. The zero-order valence-electron chi connectivity index (χ0n) is 12.4. The highest BCUT2D eigenvalue weighted by atomic mass is 32.2. The summed E-state index contributed by atoms with van der Waals surface area (Å²) >= 11 is 1.64. The van der Waals surface area contributed by atoms with Crippen molar-refractivity contribution in [2.45, 2.75) is 11.7 Å². The molecule has 2 aromatic heterocycles. The quantitative estimate of drug-likeness (QED) is 0.769. The summed E-state index contributed by atoms with van der Waals surface area (Å²) in [5, 5.41) is 11.8. The summed E-state index contributed by atoms with van der Waals surface area (Å²) in [7, 11) is 5.96. The molecule has 1 amide bonds. The minimum atomic E-state index is -0.259. The van der Waals surface area contributed by atoms with Crippen LogP contribution in [0.2, 0.25) is 0 Å². The third-order valence-electron chi connectivity index (χ3n) is 2.85. The Morgan fingerprint density at radius 1 is 1.48 bits per heavy atom. The van der Waals surface area contributed by atoms with Crippen molar-refractivity contribution in [1.82, 2.24) is 25.0 Å². The molecule has 1 N–H and O–H groups in total. The Labute approximate surface area is 127 Å². The lowest BCUT2D eigenvalue weighted by Crippen LogP contribution is -2.24. The van der Waals surface area contributed by atoms with E-state index < -0.39 is 0 Å². The Balaban J connectivity index is 1.87. The van der Waals surface area contributed by atoms with Crippen molar-refractivity contribution in [3.8, 4) is 0 Å². The third kappa shape index (κ3) is 4.33. The van der Waals surface area contributed by atoms with Gasteiger partial charge in [-0.2, -0.15) is 0 Å². The molecular weight excluding hydrogens is 290 g/mol. The van der Waals surface area contributed by atoms with Crippen LogP contribution in [0, 0.1) is 0 Å². The first-order valence-corrected chi connectivity index (χ1v) is 7.54. The Morgan fingerprint density at radius 3 is 2.95 bits per heavy atom. The van der Waals surface area contributed by atoms with Gasteiger partial charge in [-0.1, -0.05) is 11.8 Å². The fourth-order valence-electron chi connectivity index (χ4n) is 1.60. The van der Waals surface area contributed by atoms with E-state index in [0.717, 1.165) is 17.5 Å². The van der Waals surface area contributed by atoms with Crippen molar-refractivity contribution >= 4 is 17.7 Å². The van der Waals surface area contributed by atoms with Crippen molar-refractivity contribution in [2.75, 3.05) is 26.4 Å². The molecule has 0 bridgehead atoms. The number of nitrogens with one attached hydrogen (secondary N) is 1. The van der Waals surface area contributed by atoms with Crippen LogP contribution < -0.4 is 5.32 Å². The number of hydrogen-bond acceptors (Lipinski definition) is 6. The monoisotopic (exact) mass is 309 g/mol. The van der Waals surface area contributed by atoms with Crippen molar-refractivity contribution in [1.29, 1.82) is 0 Å². The predicted octanol–water partition coefficient (Wildman–Crippen LogP) is 0.992. The summed E-state index contributed by atoms with van der Waals surface area (Å²) in [4.78, 5) is 13.9. The van der Waals surface area contributed by atoms with Crippen LogP contribution in [0.25, 0.3) is 0 Å². The fraction of sp³-hybridized carbons (Fsp3) is 0.462. The zero-order valence-corrected chi connectivity index (χ0v) is 13.2. The number of hydrogen-bond donors (Lipinski definition) is 1. The van der Waals surface area contributed by atoms with E-state index in [1.165, 1.54) is 6.26 Å². The molecule has 0 aliphatic rings. The minimum absolute atomic E-state index is 0.259. The first-order chi connectivity index (χ1) is 10.1. The van der Waals surface area contributed by atoms with Gasteiger partial charge in [-0.25, -0.2) is 0 Å². The molecule has 8 heteroatoms. The number of carbonyl (C=O) groups excluding carboxylic acids is 1. The van der Waals surface area contributed by atoms with Gasteiger partial charge in [0.25, 0.3) is 5.91 Å². The smallest absolute Gasteiger partial charge is 0.287 e. The number of aromatic nitrogens is 3. The number of nitrogens with zero attached hydrogens (tertiary/aromatic N) is 4. The van der Waals surface area contributed by atoms with Crippen LogP contribution in [0.1, 0.15) is 16.4 Å². The molecule has 0 aromatic carbocycles. The van der Waals surface area contributed by atoms with Crippen molar-refractivity contribution in [3.05, 3.63) is 30.0 Å². The van der Waals surface area contributed by atoms with E-state index in [-0.39, 0.29) is 11.7 Å². The number of rotatable bonds is 7. The summed E-state index contributed by atoms with van der Waals surface area (Å²) in [5.41, 5.74) is 0. The predicted molar refractivity (Wildman–Crippen MR) is 80.2 cm³/mol. The molecule has 0 saturated carbocycles. The lowest BCUT2D eigenvalue weighted by atomic mass is 10.4. The molecule has 21 heavy (non-hydrogen) atoms. The molecular formula is C13H19N5O2S. The summed E-state index contributed by atoms with van der Waals surface area (Å²) in [6, 6.07) is 3.30. The normalized spacial score (nSPS) is 11.0. The van der Waals surface area contributed by atoms with Crippen LogP contribution in [-0.4, -0.2) is 52.0 Å². The van der Waals surface area contributed by atoms with Gasteiger partial charge >= 0.3 is 0 Å². The molecule has 0 unspecified atom stereocenters. The van der Waals surface area contributed by atoms with Gasteiger partial charge in [-0.3, -0.25) is 4.79 Å². The maximum absolute atomic E-state index is 11.8. The van der Waals surface area contributed by atoms with Gasteiger partial charge in [-0.05, 0) is 26.2 Å². The molecule has 0 aliphatic carbocycles. The van der Waals surface area contributed by atoms with Crippen LogP contribution in [-0.2, 0) is 13.6 Å². The van der Waals surface area contributed by atoms with Gasteiger partial charge in [0.1, 0.15) is 0 Å². The number of furan rings is 1. The van der Waals surface area contributed by atoms with Gasteiger partial charge in [-0.15, -0.1) is 10.2 Å². The largest absolute Gasteiger partial charge is 0.459 e. The molecule has 114 valence electrons. The molecule has 0 spiro atoms. The van der Waals surface area contributed by atoms with Gasteiger partial charge in [0, 0.05) is 19.3 Å². The Kier molecular flexibility index (Phi) is 5.40. The van der Waals surface area contributed by atoms with Crippen molar-refractivity contribution < 1.29 is 9.21 Å². The molecule has 2 rings (SSSR count). The Morgan fingerprint density at radius 2 is 2.29 bits per heavy atom. The molecule has 2 heterocycles. The maximum atomic E-state index is 11.8. The van der Waals surface area contributed by atoms with E-state index in [2.05, 4.69) is 20.4 Å². The van der Waals surface area contributed by atoms with Crippen molar-refractivity contribution in [3.63, 3.8) is 0 Å². The second kappa shape index (κ2) is 7.28. The van der Waals surface area contributed by atoms with E-state index in [9.17, 15) is 4.79 Å². The van der Waals surface area contributed by atoms with Crippen molar-refractivity contribution in [2.24, 2.45) is 7.05 Å². The van der Waals surface area contributed by atoms with Gasteiger partial charge in [0.05, 0.1) is 12.8 Å². The molecule has 0 atom stereocenters. The van der Waals surface area contributed by atoms with E-state index >= 15 is 0 Å². The summed E-state index contributed by atoms with van der Waals surface area (Å²) < 4.78 is 6.92. The number of amides is 1. The van der Waals surface area contributed by atoms with E-state index in [1.807, 2.05) is 25.7 Å². The van der Waals surface area contributed by atoms with Crippen LogP contribution in [0.5, 0.6) is 0 Å². The number of carbonyl (C=O) groups is 1. The van der Waals surface area contributed by atoms with Gasteiger partial charge in [0.15, 0.2) is 16.7 Å². The van der Waals surface area contributed by atoms with E-state index in [4.69, 9.17) is 4.42 Å². The molecule has 2 aromatic rings. The average Bonchev–Trinajstić information content (AvgIpc) is 3.07. The highest BCUT2D eigenvalue weighted by Crippen LogP contribution is 2.15. The zero-order chi connectivity index (χ0) is 15.2. The highest BCUT2D eigenvalue weighted by Gasteiger charge is 2.12. The maximum Gasteiger partial charge on any atom is 0.287 e. The first kappa shape index (κ1) is 15.6.